The summed E-state index contributed by atoms with van der Waals surface area (Å²) in [6.07, 6.45) is 2.18. The number of aromatic nitrogens is 2. The van der Waals surface area contributed by atoms with Crippen LogP contribution in [0.5, 0.6) is 0 Å². The molecule has 0 unspecified atom stereocenters. The number of amides is 1. The molecule has 2 aromatic rings. The van der Waals surface area contributed by atoms with Crippen molar-refractivity contribution in [2.45, 2.75) is 26.4 Å². The number of benzene rings is 1. The molecule has 0 spiro atoms. The summed E-state index contributed by atoms with van der Waals surface area (Å²) in [5, 5.41) is 13.5. The van der Waals surface area contributed by atoms with Crippen LogP contribution in [0.1, 0.15) is 26.5 Å². The van der Waals surface area contributed by atoms with Gasteiger partial charge in [0.15, 0.2) is 5.82 Å². The molecule has 0 radical (unpaired) electrons. The molecule has 8 heteroatoms. The van der Waals surface area contributed by atoms with E-state index in [1.54, 1.807) is 0 Å². The number of carbonyl (C=O) groups is 1. The van der Waals surface area contributed by atoms with Crippen molar-refractivity contribution in [2.24, 2.45) is 0 Å². The first-order valence-electron chi connectivity index (χ1n) is 8.34. The number of nitrogens with one attached hydrogen (secondary N) is 3. The molecule has 0 fully saturated rings. The molecule has 2 heterocycles. The van der Waals surface area contributed by atoms with Crippen molar-refractivity contribution in [3.8, 4) is 0 Å². The highest BCUT2D eigenvalue weighted by Gasteiger charge is 2.22. The Morgan fingerprint density at radius 1 is 1.31 bits per heavy atom. The highest BCUT2D eigenvalue weighted by molar-refractivity contribution is 5.90. The molecule has 0 bridgehead atoms. The van der Waals surface area contributed by atoms with Gasteiger partial charge in [0, 0.05) is 30.7 Å². The van der Waals surface area contributed by atoms with Gasteiger partial charge in [0.25, 0.3) is 0 Å². The van der Waals surface area contributed by atoms with Gasteiger partial charge in [0.05, 0.1) is 0 Å². The highest BCUT2D eigenvalue weighted by Crippen LogP contribution is 2.34. The molecule has 136 valence electrons. The maximum atomic E-state index is 11.9. The van der Waals surface area contributed by atoms with Gasteiger partial charge in [0.1, 0.15) is 23.3 Å². The number of hydrogen-bond donors (Lipinski definition) is 3. The molecular formula is C18H22N6O2. The standard InChI is InChI=1S/C18H22N6O2/c1-18(2,3)26-17(25)23-12-4-6-13(7-5-12)24-9-8-20-15-14(10-19)21-11-22-16(15)24/h4-7,10-11,19-20H,8-9H2,1-3H3,(H,23,25). The Bertz CT molecular complexity index is 813. The fourth-order valence-electron chi connectivity index (χ4n) is 2.67. The molecule has 1 aliphatic rings. The van der Waals surface area contributed by atoms with Crippen LogP contribution in [0.15, 0.2) is 30.6 Å². The van der Waals surface area contributed by atoms with E-state index in [4.69, 9.17) is 10.1 Å². The Morgan fingerprint density at radius 3 is 2.69 bits per heavy atom. The van der Waals surface area contributed by atoms with Crippen molar-refractivity contribution in [3.05, 3.63) is 36.3 Å². The maximum absolute atomic E-state index is 11.9. The highest BCUT2D eigenvalue weighted by atomic mass is 16.6. The summed E-state index contributed by atoms with van der Waals surface area (Å²) in [5.74, 6) is 0.734. The van der Waals surface area contributed by atoms with Crippen molar-refractivity contribution < 1.29 is 9.53 Å². The summed E-state index contributed by atoms with van der Waals surface area (Å²) >= 11 is 0. The predicted octanol–water partition coefficient (Wildman–Crippen LogP) is 3.38. The van der Waals surface area contributed by atoms with Crippen LogP contribution in [0.3, 0.4) is 0 Å². The molecule has 3 rings (SSSR count). The molecular weight excluding hydrogens is 332 g/mol. The second kappa shape index (κ2) is 6.99. The monoisotopic (exact) mass is 354 g/mol. The molecule has 0 atom stereocenters. The minimum absolute atomic E-state index is 0.485. The lowest BCUT2D eigenvalue weighted by Gasteiger charge is -2.31. The van der Waals surface area contributed by atoms with Crippen LogP contribution in [-0.2, 0) is 4.74 Å². The number of carbonyl (C=O) groups excluding carboxylic acids is 1. The van der Waals surface area contributed by atoms with Crippen molar-refractivity contribution in [2.75, 3.05) is 28.6 Å². The van der Waals surface area contributed by atoms with E-state index in [1.165, 1.54) is 12.5 Å². The number of rotatable bonds is 3. The fourth-order valence-corrected chi connectivity index (χ4v) is 2.67. The maximum Gasteiger partial charge on any atom is 0.412 e. The Hall–Kier alpha value is -3.16. The van der Waals surface area contributed by atoms with Gasteiger partial charge in [0.2, 0.25) is 0 Å². The van der Waals surface area contributed by atoms with Crippen LogP contribution in [0.4, 0.5) is 27.7 Å². The summed E-state index contributed by atoms with van der Waals surface area (Å²) in [6.45, 7) is 6.92. The van der Waals surface area contributed by atoms with Gasteiger partial charge >= 0.3 is 6.09 Å². The van der Waals surface area contributed by atoms with Crippen LogP contribution in [-0.4, -0.2) is 41.0 Å². The third-order valence-electron chi connectivity index (χ3n) is 3.71. The van der Waals surface area contributed by atoms with Gasteiger partial charge < -0.3 is 20.4 Å². The number of hydrogen-bond acceptors (Lipinski definition) is 7. The molecule has 3 N–H and O–H groups in total. The number of nitrogens with zero attached hydrogens (tertiary/aromatic N) is 3. The first-order valence-corrected chi connectivity index (χ1v) is 8.34. The molecule has 1 aromatic carbocycles. The van der Waals surface area contributed by atoms with Crippen LogP contribution in [0, 0.1) is 5.41 Å². The van der Waals surface area contributed by atoms with Gasteiger partial charge in [-0.25, -0.2) is 14.8 Å². The summed E-state index contributed by atoms with van der Waals surface area (Å²) in [5.41, 5.74) is 2.37. The van der Waals surface area contributed by atoms with Gasteiger partial charge in [-0.3, -0.25) is 5.32 Å². The third-order valence-corrected chi connectivity index (χ3v) is 3.71. The van der Waals surface area contributed by atoms with Gasteiger partial charge in [-0.1, -0.05) is 0 Å². The lowest BCUT2D eigenvalue weighted by Crippen LogP contribution is -2.32. The molecule has 0 saturated heterocycles. The normalized spacial score (nSPS) is 13.4. The molecule has 1 aromatic heterocycles. The zero-order valence-electron chi connectivity index (χ0n) is 15.0. The second-order valence-electron chi connectivity index (χ2n) is 6.85. The number of fused-ring (bicyclic) bond motifs is 1. The molecule has 8 nitrogen and oxygen atoms in total. The fraction of sp³-hybridized carbons (Fsp3) is 0.333. The van der Waals surface area contributed by atoms with E-state index in [1.807, 2.05) is 45.0 Å². The van der Waals surface area contributed by atoms with Crippen LogP contribution in [0.2, 0.25) is 0 Å². The zero-order chi connectivity index (χ0) is 18.7. The van der Waals surface area contributed by atoms with E-state index < -0.39 is 11.7 Å². The van der Waals surface area contributed by atoms with E-state index in [2.05, 4.69) is 25.5 Å². The van der Waals surface area contributed by atoms with Crippen molar-refractivity contribution in [1.82, 2.24) is 9.97 Å². The van der Waals surface area contributed by atoms with Crippen molar-refractivity contribution in [1.29, 1.82) is 5.41 Å². The molecule has 26 heavy (non-hydrogen) atoms. The van der Waals surface area contributed by atoms with Gasteiger partial charge in [-0.2, -0.15) is 0 Å². The molecule has 1 amide bonds. The van der Waals surface area contributed by atoms with E-state index in [0.29, 0.717) is 11.4 Å². The minimum atomic E-state index is -0.541. The minimum Gasteiger partial charge on any atom is -0.444 e. The van der Waals surface area contributed by atoms with E-state index >= 15 is 0 Å². The quantitative estimate of drug-likeness (QED) is 0.730. The second-order valence-corrected chi connectivity index (χ2v) is 6.85. The Balaban J connectivity index is 1.78. The third kappa shape index (κ3) is 3.90. The summed E-state index contributed by atoms with van der Waals surface area (Å²) in [4.78, 5) is 22.4. The summed E-state index contributed by atoms with van der Waals surface area (Å²) in [7, 11) is 0. The van der Waals surface area contributed by atoms with Gasteiger partial charge in [-0.05, 0) is 45.0 Å². The Morgan fingerprint density at radius 2 is 2.04 bits per heavy atom. The van der Waals surface area contributed by atoms with E-state index in [-0.39, 0.29) is 0 Å². The molecule has 1 aliphatic heterocycles. The first kappa shape index (κ1) is 17.7. The number of anilines is 4. The van der Waals surface area contributed by atoms with Crippen molar-refractivity contribution in [3.63, 3.8) is 0 Å². The van der Waals surface area contributed by atoms with Crippen LogP contribution < -0.4 is 15.5 Å². The van der Waals surface area contributed by atoms with Gasteiger partial charge in [-0.15, -0.1) is 0 Å². The lowest BCUT2D eigenvalue weighted by molar-refractivity contribution is 0.0636. The predicted molar refractivity (Wildman–Crippen MR) is 102 cm³/mol. The van der Waals surface area contributed by atoms with Crippen LogP contribution in [0.25, 0.3) is 0 Å². The average molecular weight is 354 g/mol. The number of ether oxygens (including phenoxy) is 1. The summed E-state index contributed by atoms with van der Waals surface area (Å²) < 4.78 is 5.25. The molecule has 0 saturated carbocycles. The summed E-state index contributed by atoms with van der Waals surface area (Å²) in [6, 6.07) is 7.46. The SMILES string of the molecule is CC(C)(C)OC(=O)Nc1ccc(N2CCNc3c(C=N)ncnc32)cc1. The first-order chi connectivity index (χ1) is 12.4. The van der Waals surface area contributed by atoms with E-state index in [9.17, 15) is 4.79 Å². The lowest BCUT2D eigenvalue weighted by atomic mass is 10.2. The van der Waals surface area contributed by atoms with Crippen LogP contribution >= 0.6 is 0 Å². The van der Waals surface area contributed by atoms with Crippen molar-refractivity contribution >= 4 is 35.2 Å². The largest absolute Gasteiger partial charge is 0.444 e. The Labute approximate surface area is 152 Å². The zero-order valence-corrected chi connectivity index (χ0v) is 15.0. The average Bonchev–Trinajstić information content (AvgIpc) is 2.59. The topological polar surface area (TPSA) is 103 Å². The van der Waals surface area contributed by atoms with E-state index in [0.717, 1.165) is 30.3 Å². The Kier molecular flexibility index (Phi) is 4.75. The molecule has 0 aliphatic carbocycles. The smallest absolute Gasteiger partial charge is 0.412 e.